The quantitative estimate of drug-likeness (QED) is 0.902. The van der Waals surface area contributed by atoms with E-state index < -0.39 is 0 Å². The molecule has 1 aromatic heterocycles. The Labute approximate surface area is 138 Å². The van der Waals surface area contributed by atoms with Crippen LogP contribution in [0.25, 0.3) is 0 Å². The van der Waals surface area contributed by atoms with Gasteiger partial charge in [0, 0.05) is 45.1 Å². The van der Waals surface area contributed by atoms with Gasteiger partial charge in [0.25, 0.3) is 0 Å². The third-order valence-electron chi connectivity index (χ3n) is 5.42. The third kappa shape index (κ3) is 3.28. The number of amides is 1. The van der Waals surface area contributed by atoms with Crippen molar-refractivity contribution in [3.8, 4) is 0 Å². The SMILES string of the molecule is CCCn1ccnc1CN1CCC2(CC1)C(=O)NCCCN2C. The average Bonchev–Trinajstić information content (AvgIpc) is 2.94. The van der Waals surface area contributed by atoms with Gasteiger partial charge >= 0.3 is 0 Å². The first-order valence-corrected chi connectivity index (χ1v) is 8.87. The number of rotatable bonds is 4. The van der Waals surface area contributed by atoms with Crippen LogP contribution in [0.15, 0.2) is 12.4 Å². The summed E-state index contributed by atoms with van der Waals surface area (Å²) in [6, 6.07) is 0. The maximum atomic E-state index is 12.6. The van der Waals surface area contributed by atoms with Crippen LogP contribution in [-0.4, -0.2) is 64.0 Å². The minimum atomic E-state index is -0.300. The molecule has 0 radical (unpaired) electrons. The number of aryl methyl sites for hydroxylation is 1. The van der Waals surface area contributed by atoms with Crippen LogP contribution < -0.4 is 5.32 Å². The number of imidazole rings is 1. The number of carbonyl (C=O) groups is 1. The fraction of sp³-hybridized carbons (Fsp3) is 0.765. The molecule has 6 heteroatoms. The van der Waals surface area contributed by atoms with Crippen molar-refractivity contribution in [3.63, 3.8) is 0 Å². The van der Waals surface area contributed by atoms with Crippen LogP contribution in [0.5, 0.6) is 0 Å². The Morgan fingerprint density at radius 3 is 2.83 bits per heavy atom. The molecule has 2 fully saturated rings. The number of nitrogens with zero attached hydrogens (tertiary/aromatic N) is 4. The molecular formula is C17H29N5O. The minimum absolute atomic E-state index is 0.227. The van der Waals surface area contributed by atoms with Crippen LogP contribution >= 0.6 is 0 Å². The summed E-state index contributed by atoms with van der Waals surface area (Å²) in [5.41, 5.74) is -0.300. The molecule has 0 aromatic carbocycles. The van der Waals surface area contributed by atoms with Crippen LogP contribution in [0.3, 0.4) is 0 Å². The number of likely N-dealkylation sites (tertiary alicyclic amines) is 1. The van der Waals surface area contributed by atoms with E-state index in [4.69, 9.17) is 0 Å². The zero-order valence-corrected chi connectivity index (χ0v) is 14.4. The molecule has 128 valence electrons. The van der Waals surface area contributed by atoms with Gasteiger partial charge in [-0.2, -0.15) is 0 Å². The second-order valence-corrected chi connectivity index (χ2v) is 6.88. The van der Waals surface area contributed by atoms with Crippen LogP contribution in [0, 0.1) is 0 Å². The van der Waals surface area contributed by atoms with Crippen LogP contribution in [0.1, 0.15) is 38.4 Å². The van der Waals surface area contributed by atoms with Gasteiger partial charge in [0.15, 0.2) is 0 Å². The molecule has 0 atom stereocenters. The van der Waals surface area contributed by atoms with E-state index in [1.54, 1.807) is 0 Å². The number of likely N-dealkylation sites (N-methyl/N-ethyl adjacent to an activating group) is 1. The number of hydrogen-bond acceptors (Lipinski definition) is 4. The molecule has 0 saturated carbocycles. The number of piperidine rings is 1. The smallest absolute Gasteiger partial charge is 0.240 e. The molecule has 6 nitrogen and oxygen atoms in total. The molecule has 2 aliphatic heterocycles. The van der Waals surface area contributed by atoms with Crippen molar-refractivity contribution in [3.05, 3.63) is 18.2 Å². The van der Waals surface area contributed by atoms with Crippen molar-refractivity contribution in [1.29, 1.82) is 0 Å². The lowest BCUT2D eigenvalue weighted by Crippen LogP contribution is -2.60. The molecule has 3 heterocycles. The Morgan fingerprint density at radius 2 is 2.09 bits per heavy atom. The van der Waals surface area contributed by atoms with E-state index in [9.17, 15) is 4.79 Å². The van der Waals surface area contributed by atoms with Gasteiger partial charge in [-0.05, 0) is 32.7 Å². The fourth-order valence-corrected chi connectivity index (χ4v) is 3.90. The minimum Gasteiger partial charge on any atom is -0.354 e. The van der Waals surface area contributed by atoms with Gasteiger partial charge in [-0.3, -0.25) is 14.6 Å². The summed E-state index contributed by atoms with van der Waals surface area (Å²) in [5.74, 6) is 1.37. The molecule has 1 aromatic rings. The highest BCUT2D eigenvalue weighted by Crippen LogP contribution is 2.30. The van der Waals surface area contributed by atoms with E-state index >= 15 is 0 Å². The first-order chi connectivity index (χ1) is 11.2. The summed E-state index contributed by atoms with van der Waals surface area (Å²) in [6.45, 7) is 7.82. The summed E-state index contributed by atoms with van der Waals surface area (Å²) < 4.78 is 2.24. The van der Waals surface area contributed by atoms with Crippen molar-refractivity contribution in [2.75, 3.05) is 33.2 Å². The second kappa shape index (κ2) is 7.01. The molecule has 2 aliphatic rings. The number of aromatic nitrogens is 2. The zero-order valence-electron chi connectivity index (χ0n) is 14.4. The Kier molecular flexibility index (Phi) is 5.02. The van der Waals surface area contributed by atoms with E-state index in [2.05, 4.69) is 44.8 Å². The molecule has 1 N–H and O–H groups in total. The summed E-state index contributed by atoms with van der Waals surface area (Å²) in [6.07, 6.45) is 7.94. The highest BCUT2D eigenvalue weighted by atomic mass is 16.2. The fourth-order valence-electron chi connectivity index (χ4n) is 3.90. The maximum absolute atomic E-state index is 12.6. The maximum Gasteiger partial charge on any atom is 0.240 e. The summed E-state index contributed by atoms with van der Waals surface area (Å²) in [5, 5.41) is 3.11. The monoisotopic (exact) mass is 319 g/mol. The Bertz CT molecular complexity index is 533. The third-order valence-corrected chi connectivity index (χ3v) is 5.42. The first-order valence-electron chi connectivity index (χ1n) is 8.87. The largest absolute Gasteiger partial charge is 0.354 e. The first kappa shape index (κ1) is 16.5. The Hall–Kier alpha value is -1.40. The molecule has 2 saturated heterocycles. The van der Waals surface area contributed by atoms with Crippen molar-refractivity contribution in [2.45, 2.75) is 51.2 Å². The van der Waals surface area contributed by atoms with Crippen molar-refractivity contribution < 1.29 is 4.79 Å². The van der Waals surface area contributed by atoms with Crippen LogP contribution in [-0.2, 0) is 17.9 Å². The standard InChI is InChI=1S/C17H29N5O/c1-3-9-22-13-8-18-15(22)14-21-11-5-17(6-12-21)16(23)19-7-4-10-20(17)2/h8,13H,3-7,9-12,14H2,1-2H3,(H,19,23). The van der Waals surface area contributed by atoms with Crippen molar-refractivity contribution in [2.24, 2.45) is 0 Å². The van der Waals surface area contributed by atoms with Gasteiger partial charge in [-0.1, -0.05) is 6.92 Å². The summed E-state index contributed by atoms with van der Waals surface area (Å²) in [7, 11) is 2.11. The summed E-state index contributed by atoms with van der Waals surface area (Å²) >= 11 is 0. The Morgan fingerprint density at radius 1 is 1.30 bits per heavy atom. The van der Waals surface area contributed by atoms with E-state index in [1.165, 1.54) is 0 Å². The average molecular weight is 319 g/mol. The zero-order chi connectivity index (χ0) is 16.3. The number of hydrogen-bond donors (Lipinski definition) is 1. The van der Waals surface area contributed by atoms with Crippen LogP contribution in [0.4, 0.5) is 0 Å². The molecule has 0 bridgehead atoms. The van der Waals surface area contributed by atoms with Crippen molar-refractivity contribution in [1.82, 2.24) is 24.7 Å². The van der Waals surface area contributed by atoms with Crippen LogP contribution in [0.2, 0.25) is 0 Å². The number of carbonyl (C=O) groups excluding carboxylic acids is 1. The topological polar surface area (TPSA) is 53.4 Å². The van der Waals surface area contributed by atoms with Gasteiger partial charge in [-0.15, -0.1) is 0 Å². The Balaban J connectivity index is 1.63. The lowest BCUT2D eigenvalue weighted by molar-refractivity contribution is -0.134. The highest BCUT2D eigenvalue weighted by Gasteiger charge is 2.45. The van der Waals surface area contributed by atoms with Gasteiger partial charge in [0.05, 0.1) is 6.54 Å². The highest BCUT2D eigenvalue weighted by molar-refractivity contribution is 5.86. The van der Waals surface area contributed by atoms with Crippen molar-refractivity contribution >= 4 is 5.91 Å². The van der Waals surface area contributed by atoms with E-state index in [0.29, 0.717) is 0 Å². The lowest BCUT2D eigenvalue weighted by Gasteiger charge is -2.44. The molecule has 3 rings (SSSR count). The van der Waals surface area contributed by atoms with Gasteiger partial charge in [0.1, 0.15) is 11.4 Å². The van der Waals surface area contributed by atoms with E-state index in [1.807, 2.05) is 6.20 Å². The second-order valence-electron chi connectivity index (χ2n) is 6.88. The molecule has 1 amide bonds. The van der Waals surface area contributed by atoms with Gasteiger partial charge in [-0.25, -0.2) is 4.98 Å². The molecule has 23 heavy (non-hydrogen) atoms. The van der Waals surface area contributed by atoms with E-state index in [-0.39, 0.29) is 11.4 Å². The molecular weight excluding hydrogens is 290 g/mol. The molecule has 0 unspecified atom stereocenters. The predicted molar refractivity (Wildman–Crippen MR) is 90.0 cm³/mol. The molecule has 1 spiro atoms. The van der Waals surface area contributed by atoms with Gasteiger partial charge < -0.3 is 9.88 Å². The van der Waals surface area contributed by atoms with E-state index in [0.717, 1.165) is 70.8 Å². The summed E-state index contributed by atoms with van der Waals surface area (Å²) in [4.78, 5) is 21.8. The van der Waals surface area contributed by atoms with Gasteiger partial charge in [0.2, 0.25) is 5.91 Å². The normalized spacial score (nSPS) is 23.0. The molecule has 0 aliphatic carbocycles. The predicted octanol–water partition coefficient (Wildman–Crippen LogP) is 1.08. The number of nitrogens with one attached hydrogen (secondary N) is 1. The lowest BCUT2D eigenvalue weighted by atomic mass is 9.85.